The number of carbonyl (C=O) groups excluding carboxylic acids is 3. The van der Waals surface area contributed by atoms with Crippen molar-refractivity contribution >= 4 is 39.1 Å². The van der Waals surface area contributed by atoms with Gasteiger partial charge in [0.25, 0.3) is 5.91 Å². The van der Waals surface area contributed by atoms with E-state index < -0.39 is 11.8 Å². The van der Waals surface area contributed by atoms with Gasteiger partial charge in [-0.3, -0.25) is 14.4 Å². The molecule has 0 heterocycles. The van der Waals surface area contributed by atoms with Crippen LogP contribution < -0.4 is 5.43 Å². The molecule has 1 N–H and O–H groups in total. The first-order chi connectivity index (χ1) is 11.5. The molecule has 6 heteroatoms. The summed E-state index contributed by atoms with van der Waals surface area (Å²) in [5, 5.41) is 3.95. The second kappa shape index (κ2) is 6.49. The minimum absolute atomic E-state index is 0.270. The summed E-state index contributed by atoms with van der Waals surface area (Å²) in [6.45, 7) is 1.56. The Labute approximate surface area is 146 Å². The van der Waals surface area contributed by atoms with Gasteiger partial charge in [-0.05, 0) is 31.2 Å². The van der Waals surface area contributed by atoms with E-state index in [-0.39, 0.29) is 17.3 Å². The molecule has 0 bridgehead atoms. The molecule has 0 saturated carbocycles. The molecule has 0 spiro atoms. The number of ketones is 2. The lowest BCUT2D eigenvalue weighted by atomic mass is 9.99. The Morgan fingerprint density at radius 3 is 2.08 bits per heavy atom. The van der Waals surface area contributed by atoms with E-state index in [1.807, 2.05) is 0 Å². The van der Waals surface area contributed by atoms with Gasteiger partial charge >= 0.3 is 0 Å². The summed E-state index contributed by atoms with van der Waals surface area (Å²) in [4.78, 5) is 36.8. The quantitative estimate of drug-likeness (QED) is 0.501. The first-order valence-corrected chi connectivity index (χ1v) is 8.06. The minimum atomic E-state index is -0.965. The molecule has 24 heavy (non-hydrogen) atoms. The molecular formula is C18H13BrN2O3. The number of hydrogen-bond donors (Lipinski definition) is 1. The molecule has 2 aromatic carbocycles. The zero-order chi connectivity index (χ0) is 17.3. The van der Waals surface area contributed by atoms with Crippen molar-refractivity contribution in [3.05, 3.63) is 69.7 Å². The number of rotatable bonds is 3. The van der Waals surface area contributed by atoms with Crippen LogP contribution in [0.5, 0.6) is 0 Å². The Balaban J connectivity index is 1.77. The number of hydrogen-bond acceptors (Lipinski definition) is 4. The summed E-state index contributed by atoms with van der Waals surface area (Å²) < 4.78 is 0.860. The van der Waals surface area contributed by atoms with Crippen molar-refractivity contribution in [3.8, 4) is 0 Å². The number of amides is 1. The molecule has 3 rings (SSSR count). The molecule has 120 valence electrons. The van der Waals surface area contributed by atoms with Crippen molar-refractivity contribution < 1.29 is 14.4 Å². The molecule has 0 aliphatic heterocycles. The van der Waals surface area contributed by atoms with Crippen LogP contribution in [0.15, 0.2) is 58.1 Å². The van der Waals surface area contributed by atoms with Crippen molar-refractivity contribution in [1.29, 1.82) is 0 Å². The predicted molar refractivity (Wildman–Crippen MR) is 93.3 cm³/mol. The van der Waals surface area contributed by atoms with Crippen LogP contribution >= 0.6 is 15.9 Å². The van der Waals surface area contributed by atoms with Gasteiger partial charge in [0.05, 0.1) is 5.71 Å². The van der Waals surface area contributed by atoms with E-state index >= 15 is 0 Å². The standard InChI is InChI=1S/C18H13BrN2O3/c1-10(20-21-18(24)11-6-8-12(19)9-7-11)15-16(22)13-4-2-3-5-14(13)17(15)23/h2-9,15H,1H3,(H,21,24)/b20-10-. The molecule has 1 amide bonds. The highest BCUT2D eigenvalue weighted by Gasteiger charge is 2.40. The van der Waals surface area contributed by atoms with Crippen LogP contribution in [0.2, 0.25) is 0 Å². The van der Waals surface area contributed by atoms with E-state index in [1.165, 1.54) is 0 Å². The normalized spacial score (nSPS) is 14.7. The van der Waals surface area contributed by atoms with Crippen molar-refractivity contribution in [2.45, 2.75) is 6.92 Å². The first-order valence-electron chi connectivity index (χ1n) is 7.26. The fourth-order valence-corrected chi connectivity index (χ4v) is 2.86. The highest BCUT2D eigenvalue weighted by molar-refractivity contribution is 9.10. The zero-order valence-electron chi connectivity index (χ0n) is 12.7. The van der Waals surface area contributed by atoms with Crippen LogP contribution in [0.25, 0.3) is 0 Å². The average molecular weight is 385 g/mol. The number of nitrogens with zero attached hydrogens (tertiary/aromatic N) is 1. The second-order valence-electron chi connectivity index (χ2n) is 5.41. The Morgan fingerprint density at radius 1 is 1.00 bits per heavy atom. The van der Waals surface area contributed by atoms with Gasteiger partial charge in [0, 0.05) is 21.2 Å². The molecule has 1 aliphatic rings. The summed E-state index contributed by atoms with van der Waals surface area (Å²) in [7, 11) is 0. The zero-order valence-corrected chi connectivity index (χ0v) is 14.3. The van der Waals surface area contributed by atoms with Crippen LogP contribution in [0, 0.1) is 5.92 Å². The summed E-state index contributed by atoms with van der Waals surface area (Å²) in [6.07, 6.45) is 0. The molecular weight excluding hydrogens is 372 g/mol. The van der Waals surface area contributed by atoms with Crippen molar-refractivity contribution in [1.82, 2.24) is 5.43 Å². The van der Waals surface area contributed by atoms with Gasteiger partial charge in [0.15, 0.2) is 11.6 Å². The summed E-state index contributed by atoms with van der Waals surface area (Å²) in [5.41, 5.74) is 3.90. The van der Waals surface area contributed by atoms with Crippen molar-refractivity contribution in [2.75, 3.05) is 0 Å². The van der Waals surface area contributed by atoms with Crippen molar-refractivity contribution in [3.63, 3.8) is 0 Å². The first kappa shape index (κ1) is 16.3. The van der Waals surface area contributed by atoms with E-state index in [4.69, 9.17) is 0 Å². The lowest BCUT2D eigenvalue weighted by Gasteiger charge is -2.07. The monoisotopic (exact) mass is 384 g/mol. The van der Waals surface area contributed by atoms with E-state index in [2.05, 4.69) is 26.5 Å². The van der Waals surface area contributed by atoms with Gasteiger partial charge in [-0.2, -0.15) is 5.10 Å². The maximum absolute atomic E-state index is 12.4. The number of halogens is 1. The SMILES string of the molecule is C/C(=N/NC(=O)c1ccc(Br)cc1)C1C(=O)c2ccccc2C1=O. The highest BCUT2D eigenvalue weighted by atomic mass is 79.9. The van der Waals surface area contributed by atoms with Gasteiger partial charge < -0.3 is 0 Å². The van der Waals surface area contributed by atoms with Crippen LogP contribution in [0.1, 0.15) is 38.0 Å². The van der Waals surface area contributed by atoms with Gasteiger partial charge in [0.2, 0.25) is 0 Å². The van der Waals surface area contributed by atoms with Gasteiger partial charge in [-0.15, -0.1) is 0 Å². The highest BCUT2D eigenvalue weighted by Crippen LogP contribution is 2.27. The molecule has 0 saturated heterocycles. The summed E-state index contributed by atoms with van der Waals surface area (Å²) in [5.74, 6) is -1.94. The topological polar surface area (TPSA) is 75.6 Å². The number of fused-ring (bicyclic) bond motifs is 1. The number of nitrogens with one attached hydrogen (secondary N) is 1. The van der Waals surface area contributed by atoms with Crippen LogP contribution in [-0.4, -0.2) is 23.2 Å². The Hall–Kier alpha value is -2.60. The van der Waals surface area contributed by atoms with Crippen LogP contribution in [0.4, 0.5) is 0 Å². The number of carbonyl (C=O) groups is 3. The average Bonchev–Trinajstić information content (AvgIpc) is 2.85. The lowest BCUT2D eigenvalue weighted by molar-refractivity contribution is 0.0877. The lowest BCUT2D eigenvalue weighted by Crippen LogP contribution is -2.27. The van der Waals surface area contributed by atoms with Gasteiger partial charge in [0.1, 0.15) is 5.92 Å². The smallest absolute Gasteiger partial charge is 0.271 e. The fraction of sp³-hybridized carbons (Fsp3) is 0.111. The Bertz CT molecular complexity index is 837. The number of hydrazone groups is 1. The Kier molecular flexibility index (Phi) is 4.40. The second-order valence-corrected chi connectivity index (χ2v) is 6.32. The molecule has 1 aliphatic carbocycles. The van der Waals surface area contributed by atoms with Crippen molar-refractivity contribution in [2.24, 2.45) is 11.0 Å². The summed E-state index contributed by atoms with van der Waals surface area (Å²) >= 11 is 3.29. The number of Topliss-reactive ketones (excluding diaryl/α,β-unsaturated/α-hetero) is 2. The van der Waals surface area contributed by atoms with Crippen LogP contribution in [-0.2, 0) is 0 Å². The molecule has 0 unspecified atom stereocenters. The molecule has 2 aromatic rings. The fourth-order valence-electron chi connectivity index (χ4n) is 2.59. The summed E-state index contributed by atoms with van der Waals surface area (Å²) in [6, 6.07) is 13.5. The number of benzene rings is 2. The predicted octanol–water partition coefficient (Wildman–Crippen LogP) is 3.25. The Morgan fingerprint density at radius 2 is 1.54 bits per heavy atom. The molecule has 5 nitrogen and oxygen atoms in total. The van der Waals surface area contributed by atoms with Crippen LogP contribution in [0.3, 0.4) is 0 Å². The minimum Gasteiger partial charge on any atom is -0.293 e. The van der Waals surface area contributed by atoms with E-state index in [0.717, 1.165) is 4.47 Å². The van der Waals surface area contributed by atoms with E-state index in [1.54, 1.807) is 55.5 Å². The molecule has 0 radical (unpaired) electrons. The third-order valence-corrected chi connectivity index (χ3v) is 4.37. The van der Waals surface area contributed by atoms with E-state index in [0.29, 0.717) is 16.7 Å². The maximum Gasteiger partial charge on any atom is 0.271 e. The van der Waals surface area contributed by atoms with Gasteiger partial charge in [-0.1, -0.05) is 40.2 Å². The maximum atomic E-state index is 12.4. The third-order valence-electron chi connectivity index (χ3n) is 3.84. The third kappa shape index (κ3) is 2.92. The largest absolute Gasteiger partial charge is 0.293 e. The molecule has 0 atom stereocenters. The molecule has 0 fully saturated rings. The van der Waals surface area contributed by atoms with E-state index in [9.17, 15) is 14.4 Å². The molecule has 0 aromatic heterocycles. The van der Waals surface area contributed by atoms with Gasteiger partial charge in [-0.25, -0.2) is 5.43 Å².